The number of hydrogen-bond donors (Lipinski definition) is 1. The van der Waals surface area contributed by atoms with E-state index in [-0.39, 0.29) is 0 Å². The normalized spacial score (nSPS) is 26.7. The maximum absolute atomic E-state index is 4.27. The lowest BCUT2D eigenvalue weighted by Gasteiger charge is -2.26. The first-order valence-electron chi connectivity index (χ1n) is 5.92. The summed E-state index contributed by atoms with van der Waals surface area (Å²) in [5.41, 5.74) is 3.09. The molecule has 0 saturated heterocycles. The van der Waals surface area contributed by atoms with Gasteiger partial charge >= 0.3 is 0 Å². The number of nitrogens with one attached hydrogen (secondary N) is 1. The Kier molecular flexibility index (Phi) is 4.15. The molecule has 1 aromatic rings. The van der Waals surface area contributed by atoms with Crippen molar-refractivity contribution < 1.29 is 0 Å². The maximum Gasteiger partial charge on any atom is 0.0795 e. The molecule has 1 fully saturated rings. The van der Waals surface area contributed by atoms with Crippen molar-refractivity contribution in [2.75, 3.05) is 6.54 Å². The van der Waals surface area contributed by atoms with Crippen LogP contribution >= 0.6 is 11.3 Å². The van der Waals surface area contributed by atoms with Gasteiger partial charge in [0.25, 0.3) is 0 Å². The van der Waals surface area contributed by atoms with E-state index in [1.165, 1.54) is 37.9 Å². The molecule has 1 saturated carbocycles. The summed E-state index contributed by atoms with van der Waals surface area (Å²) in [5.74, 6) is 1.83. The summed E-state index contributed by atoms with van der Waals surface area (Å²) < 4.78 is 0. The van der Waals surface area contributed by atoms with Crippen LogP contribution in [0, 0.1) is 11.8 Å². The minimum Gasteiger partial charge on any atom is -0.311 e. The average molecular weight is 224 g/mol. The second-order valence-corrected chi connectivity index (χ2v) is 5.47. The van der Waals surface area contributed by atoms with E-state index in [4.69, 9.17) is 0 Å². The minimum atomic E-state index is 0.896. The lowest BCUT2D eigenvalue weighted by molar-refractivity contribution is 0.274. The van der Waals surface area contributed by atoms with Gasteiger partial charge in [-0.2, -0.15) is 0 Å². The van der Waals surface area contributed by atoms with Gasteiger partial charge in [0.15, 0.2) is 0 Å². The van der Waals surface area contributed by atoms with Crippen LogP contribution in [-0.4, -0.2) is 11.5 Å². The van der Waals surface area contributed by atoms with Crippen molar-refractivity contribution in [2.45, 2.75) is 39.2 Å². The predicted molar refractivity (Wildman–Crippen MR) is 64.9 cm³/mol. The maximum atomic E-state index is 4.27. The lowest BCUT2D eigenvalue weighted by atomic mass is 9.82. The first-order valence-corrected chi connectivity index (χ1v) is 6.86. The summed E-state index contributed by atoms with van der Waals surface area (Å²) in [6.07, 6.45) is 5.67. The van der Waals surface area contributed by atoms with E-state index in [0.717, 1.165) is 18.4 Å². The number of nitrogens with zero attached hydrogens (tertiary/aromatic N) is 1. The zero-order valence-corrected chi connectivity index (χ0v) is 10.2. The predicted octanol–water partition coefficient (Wildman–Crippen LogP) is 3.06. The molecule has 0 aliphatic heterocycles. The fourth-order valence-corrected chi connectivity index (χ4v) is 3.03. The fourth-order valence-electron chi connectivity index (χ4n) is 2.47. The second kappa shape index (κ2) is 5.61. The van der Waals surface area contributed by atoms with Crippen LogP contribution in [0.4, 0.5) is 0 Å². The highest BCUT2D eigenvalue weighted by atomic mass is 32.1. The second-order valence-electron chi connectivity index (χ2n) is 4.75. The van der Waals surface area contributed by atoms with Crippen molar-refractivity contribution >= 4 is 11.3 Å². The first kappa shape index (κ1) is 11.1. The van der Waals surface area contributed by atoms with E-state index in [1.807, 2.05) is 5.51 Å². The van der Waals surface area contributed by atoms with Crippen molar-refractivity contribution in [3.63, 3.8) is 0 Å². The topological polar surface area (TPSA) is 24.9 Å². The van der Waals surface area contributed by atoms with Crippen LogP contribution in [0.1, 0.15) is 38.3 Å². The summed E-state index contributed by atoms with van der Waals surface area (Å²) in [5, 5.41) is 5.64. The molecular weight excluding hydrogens is 204 g/mol. The van der Waals surface area contributed by atoms with Gasteiger partial charge in [-0.1, -0.05) is 19.8 Å². The highest BCUT2D eigenvalue weighted by Gasteiger charge is 2.18. The number of thiazole rings is 1. The van der Waals surface area contributed by atoms with E-state index in [1.54, 1.807) is 11.3 Å². The molecule has 1 aromatic heterocycles. The third kappa shape index (κ3) is 3.58. The highest BCUT2D eigenvalue weighted by Crippen LogP contribution is 2.27. The van der Waals surface area contributed by atoms with Gasteiger partial charge < -0.3 is 5.32 Å². The van der Waals surface area contributed by atoms with Gasteiger partial charge in [0.05, 0.1) is 11.2 Å². The third-order valence-electron chi connectivity index (χ3n) is 3.27. The zero-order chi connectivity index (χ0) is 10.5. The van der Waals surface area contributed by atoms with Crippen molar-refractivity contribution in [1.82, 2.24) is 10.3 Å². The third-order valence-corrected chi connectivity index (χ3v) is 3.90. The van der Waals surface area contributed by atoms with Gasteiger partial charge in [-0.05, 0) is 31.2 Å². The molecule has 0 amide bonds. The van der Waals surface area contributed by atoms with Crippen molar-refractivity contribution in [1.29, 1.82) is 0 Å². The molecule has 3 heteroatoms. The Balaban J connectivity index is 1.65. The number of hydrogen-bond acceptors (Lipinski definition) is 3. The summed E-state index contributed by atoms with van der Waals surface area (Å²) >= 11 is 1.67. The van der Waals surface area contributed by atoms with E-state index in [2.05, 4.69) is 22.6 Å². The molecule has 2 unspecified atom stereocenters. The van der Waals surface area contributed by atoms with E-state index < -0.39 is 0 Å². The van der Waals surface area contributed by atoms with Crippen LogP contribution in [-0.2, 0) is 6.54 Å². The molecule has 15 heavy (non-hydrogen) atoms. The van der Waals surface area contributed by atoms with Gasteiger partial charge in [-0.25, -0.2) is 4.98 Å². The number of rotatable bonds is 4. The molecule has 0 radical (unpaired) electrons. The quantitative estimate of drug-likeness (QED) is 0.850. The van der Waals surface area contributed by atoms with Gasteiger partial charge in [0, 0.05) is 11.9 Å². The van der Waals surface area contributed by atoms with Crippen LogP contribution < -0.4 is 5.32 Å². The van der Waals surface area contributed by atoms with Gasteiger partial charge in [-0.15, -0.1) is 11.3 Å². The molecule has 84 valence electrons. The van der Waals surface area contributed by atoms with Crippen molar-refractivity contribution in [2.24, 2.45) is 11.8 Å². The van der Waals surface area contributed by atoms with Crippen LogP contribution in [0.25, 0.3) is 0 Å². The SMILES string of the molecule is CC1CCCC(CNCc2cscn2)C1. The van der Waals surface area contributed by atoms with Gasteiger partial charge in [0.1, 0.15) is 0 Å². The Labute approximate surface area is 96.1 Å². The molecular formula is C12H20N2S. The molecule has 0 aromatic carbocycles. The number of aromatic nitrogens is 1. The Bertz CT molecular complexity index is 271. The summed E-state index contributed by atoms with van der Waals surface area (Å²) in [6, 6.07) is 0. The smallest absolute Gasteiger partial charge is 0.0795 e. The Morgan fingerprint density at radius 2 is 2.47 bits per heavy atom. The Morgan fingerprint density at radius 3 is 3.20 bits per heavy atom. The van der Waals surface area contributed by atoms with E-state index >= 15 is 0 Å². The summed E-state index contributed by atoms with van der Waals surface area (Å²) in [6.45, 7) is 4.49. The molecule has 0 spiro atoms. The Morgan fingerprint density at radius 1 is 1.53 bits per heavy atom. The van der Waals surface area contributed by atoms with E-state index in [9.17, 15) is 0 Å². The van der Waals surface area contributed by atoms with Crippen LogP contribution in [0.2, 0.25) is 0 Å². The van der Waals surface area contributed by atoms with Crippen LogP contribution in [0.15, 0.2) is 10.9 Å². The molecule has 2 nitrogen and oxygen atoms in total. The fraction of sp³-hybridized carbons (Fsp3) is 0.750. The minimum absolute atomic E-state index is 0.896. The highest BCUT2D eigenvalue weighted by molar-refractivity contribution is 7.07. The van der Waals surface area contributed by atoms with Crippen LogP contribution in [0.3, 0.4) is 0 Å². The van der Waals surface area contributed by atoms with Crippen molar-refractivity contribution in [3.8, 4) is 0 Å². The largest absolute Gasteiger partial charge is 0.311 e. The molecule has 0 bridgehead atoms. The molecule has 2 atom stereocenters. The van der Waals surface area contributed by atoms with Crippen LogP contribution in [0.5, 0.6) is 0 Å². The molecule has 1 heterocycles. The monoisotopic (exact) mass is 224 g/mol. The van der Waals surface area contributed by atoms with Gasteiger partial charge in [-0.3, -0.25) is 0 Å². The lowest BCUT2D eigenvalue weighted by Crippen LogP contribution is -2.26. The molecule has 1 aliphatic rings. The molecule has 2 rings (SSSR count). The Hall–Kier alpha value is -0.410. The molecule has 1 aliphatic carbocycles. The van der Waals surface area contributed by atoms with E-state index in [0.29, 0.717) is 0 Å². The molecule has 1 N–H and O–H groups in total. The summed E-state index contributed by atoms with van der Waals surface area (Å²) in [7, 11) is 0. The standard InChI is InChI=1S/C12H20N2S/c1-10-3-2-4-11(5-10)6-13-7-12-8-15-9-14-12/h8-11,13H,2-7H2,1H3. The zero-order valence-electron chi connectivity index (χ0n) is 9.41. The van der Waals surface area contributed by atoms with Crippen molar-refractivity contribution in [3.05, 3.63) is 16.6 Å². The summed E-state index contributed by atoms with van der Waals surface area (Å²) in [4.78, 5) is 4.27. The average Bonchev–Trinajstić information content (AvgIpc) is 2.71. The van der Waals surface area contributed by atoms with Gasteiger partial charge in [0.2, 0.25) is 0 Å². The first-order chi connectivity index (χ1) is 7.34.